The van der Waals surface area contributed by atoms with Gasteiger partial charge in [0.2, 0.25) is 0 Å². The number of aromatic nitrogens is 2. The van der Waals surface area contributed by atoms with Crippen molar-refractivity contribution >= 4 is 17.4 Å². The van der Waals surface area contributed by atoms with Crippen LogP contribution in [0.1, 0.15) is 21.7 Å². The van der Waals surface area contributed by atoms with Gasteiger partial charge in [0.25, 0.3) is 11.1 Å². The number of morpholine rings is 1. The molecule has 2 heterocycles. The second kappa shape index (κ2) is 9.76. The Labute approximate surface area is 184 Å². The molecule has 0 unspecified atom stereocenters. The molecule has 0 spiro atoms. The van der Waals surface area contributed by atoms with Gasteiger partial charge in [0.15, 0.2) is 17.3 Å². The first-order valence-electron chi connectivity index (χ1n) is 9.84. The molecule has 8 nitrogen and oxygen atoms in total. The van der Waals surface area contributed by atoms with E-state index in [0.29, 0.717) is 60.8 Å². The number of nitrogens with zero attached hydrogens (tertiary/aromatic N) is 3. The van der Waals surface area contributed by atoms with Crippen molar-refractivity contribution in [3.8, 4) is 22.4 Å². The molecule has 3 aromatic rings. The third-order valence-electron chi connectivity index (χ3n) is 4.85. The molecule has 1 aromatic heterocycles. The minimum atomic E-state index is -0.0632. The molecule has 31 heavy (non-hydrogen) atoms. The van der Waals surface area contributed by atoms with Crippen LogP contribution in [-0.2, 0) is 11.2 Å². The maximum atomic E-state index is 12.8. The molecule has 1 saturated heterocycles. The lowest BCUT2D eigenvalue weighted by molar-refractivity contribution is 0.0302. The zero-order chi connectivity index (χ0) is 21.6. The van der Waals surface area contributed by atoms with Gasteiger partial charge in [0.1, 0.15) is 5.75 Å². The van der Waals surface area contributed by atoms with Crippen molar-refractivity contribution in [2.75, 3.05) is 40.5 Å². The summed E-state index contributed by atoms with van der Waals surface area (Å²) < 4.78 is 26.3. The summed E-state index contributed by atoms with van der Waals surface area (Å²) in [5, 5.41) is 0.382. The summed E-state index contributed by atoms with van der Waals surface area (Å²) in [5.41, 5.74) is 1.57. The van der Waals surface area contributed by atoms with E-state index in [4.69, 9.17) is 18.9 Å². The molecular formula is C22H23N3O5S. The molecule has 0 saturated carbocycles. The zero-order valence-corrected chi connectivity index (χ0v) is 18.2. The largest absolute Gasteiger partial charge is 0.497 e. The Morgan fingerprint density at radius 1 is 1.10 bits per heavy atom. The molecule has 0 atom stereocenters. The number of rotatable bonds is 7. The maximum Gasteiger partial charge on any atom is 0.298 e. The van der Waals surface area contributed by atoms with Gasteiger partial charge >= 0.3 is 0 Å². The van der Waals surface area contributed by atoms with E-state index in [-0.39, 0.29) is 5.91 Å². The fourth-order valence-corrected chi connectivity index (χ4v) is 3.81. The van der Waals surface area contributed by atoms with E-state index in [9.17, 15) is 4.79 Å². The SMILES string of the molecule is COc1cccc(Cc2nsc(Oc3cc(C(=O)N4CCOCC4)ccc3OC)n2)c1. The van der Waals surface area contributed by atoms with Crippen LogP contribution in [0.3, 0.4) is 0 Å². The van der Waals surface area contributed by atoms with Gasteiger partial charge < -0.3 is 23.8 Å². The van der Waals surface area contributed by atoms with Crippen molar-refractivity contribution in [2.24, 2.45) is 0 Å². The molecule has 0 N–H and O–H groups in total. The van der Waals surface area contributed by atoms with Gasteiger partial charge in [-0.25, -0.2) is 0 Å². The van der Waals surface area contributed by atoms with Crippen LogP contribution in [0.4, 0.5) is 0 Å². The normalized spacial score (nSPS) is 13.7. The van der Waals surface area contributed by atoms with E-state index in [2.05, 4.69) is 9.36 Å². The summed E-state index contributed by atoms with van der Waals surface area (Å²) in [6.45, 7) is 2.24. The summed E-state index contributed by atoms with van der Waals surface area (Å²) in [5.74, 6) is 2.31. The smallest absolute Gasteiger partial charge is 0.298 e. The lowest BCUT2D eigenvalue weighted by atomic mass is 10.1. The van der Waals surface area contributed by atoms with Crippen LogP contribution in [0.2, 0.25) is 0 Å². The molecule has 1 aliphatic rings. The maximum absolute atomic E-state index is 12.8. The van der Waals surface area contributed by atoms with Crippen LogP contribution in [-0.4, -0.2) is 60.7 Å². The van der Waals surface area contributed by atoms with E-state index >= 15 is 0 Å². The van der Waals surface area contributed by atoms with Crippen molar-refractivity contribution in [3.05, 3.63) is 59.4 Å². The van der Waals surface area contributed by atoms with E-state index in [1.54, 1.807) is 37.3 Å². The lowest BCUT2D eigenvalue weighted by Gasteiger charge is -2.27. The van der Waals surface area contributed by atoms with Crippen molar-refractivity contribution in [1.82, 2.24) is 14.3 Å². The van der Waals surface area contributed by atoms with Gasteiger partial charge in [-0.3, -0.25) is 4.79 Å². The summed E-state index contributed by atoms with van der Waals surface area (Å²) in [6.07, 6.45) is 0.559. The number of carbonyl (C=O) groups is 1. The number of ether oxygens (including phenoxy) is 4. The second-order valence-electron chi connectivity index (χ2n) is 6.88. The van der Waals surface area contributed by atoms with Gasteiger partial charge in [-0.1, -0.05) is 12.1 Å². The van der Waals surface area contributed by atoms with Crippen molar-refractivity contribution in [1.29, 1.82) is 0 Å². The number of hydrogen-bond donors (Lipinski definition) is 0. The fourth-order valence-electron chi connectivity index (χ4n) is 3.25. The van der Waals surface area contributed by atoms with Gasteiger partial charge in [-0.2, -0.15) is 9.36 Å². The molecule has 1 aliphatic heterocycles. The summed E-state index contributed by atoms with van der Waals surface area (Å²) in [7, 11) is 3.19. The molecule has 2 aromatic carbocycles. The standard InChI is InChI=1S/C22H23N3O5S/c1-27-17-5-3-4-15(12-17)13-20-23-22(31-24-20)30-19-14-16(6-7-18(19)28-2)21(26)25-8-10-29-11-9-25/h3-7,12,14H,8-11,13H2,1-2H3. The first-order chi connectivity index (χ1) is 15.2. The predicted molar refractivity (Wildman–Crippen MR) is 115 cm³/mol. The van der Waals surface area contributed by atoms with Gasteiger partial charge in [-0.15, -0.1) is 0 Å². The highest BCUT2D eigenvalue weighted by Gasteiger charge is 2.21. The van der Waals surface area contributed by atoms with Crippen LogP contribution >= 0.6 is 11.5 Å². The van der Waals surface area contributed by atoms with Crippen LogP contribution in [0.15, 0.2) is 42.5 Å². The third-order valence-corrected chi connectivity index (χ3v) is 5.48. The van der Waals surface area contributed by atoms with Gasteiger partial charge in [0.05, 0.1) is 27.4 Å². The lowest BCUT2D eigenvalue weighted by Crippen LogP contribution is -2.40. The molecule has 162 valence electrons. The van der Waals surface area contributed by atoms with Gasteiger partial charge in [0, 0.05) is 36.6 Å². The minimum Gasteiger partial charge on any atom is -0.497 e. The Morgan fingerprint density at radius 2 is 1.94 bits per heavy atom. The first-order valence-corrected chi connectivity index (χ1v) is 10.6. The Bertz CT molecular complexity index is 1050. The summed E-state index contributed by atoms with van der Waals surface area (Å²) in [6, 6.07) is 12.9. The monoisotopic (exact) mass is 441 g/mol. The molecule has 0 aliphatic carbocycles. The number of benzene rings is 2. The zero-order valence-electron chi connectivity index (χ0n) is 17.4. The summed E-state index contributed by atoms with van der Waals surface area (Å²) in [4.78, 5) is 19.0. The molecule has 1 amide bonds. The minimum absolute atomic E-state index is 0.0632. The molecular weight excluding hydrogens is 418 g/mol. The van der Waals surface area contributed by atoms with Crippen LogP contribution < -0.4 is 14.2 Å². The highest BCUT2D eigenvalue weighted by atomic mass is 32.1. The second-order valence-corrected chi connectivity index (χ2v) is 7.59. The average molecular weight is 442 g/mol. The van der Waals surface area contributed by atoms with Crippen molar-refractivity contribution in [2.45, 2.75) is 6.42 Å². The molecule has 0 radical (unpaired) electrons. The number of hydrogen-bond acceptors (Lipinski definition) is 8. The van der Waals surface area contributed by atoms with E-state index in [1.807, 2.05) is 24.3 Å². The van der Waals surface area contributed by atoms with E-state index in [1.165, 1.54) is 0 Å². The molecule has 4 rings (SSSR count). The quantitative estimate of drug-likeness (QED) is 0.556. The Balaban J connectivity index is 1.50. The van der Waals surface area contributed by atoms with E-state index in [0.717, 1.165) is 22.8 Å². The first kappa shape index (κ1) is 21.1. The molecule has 0 bridgehead atoms. The molecule has 9 heteroatoms. The third kappa shape index (κ3) is 5.12. The number of methoxy groups -OCH3 is 2. The highest BCUT2D eigenvalue weighted by Crippen LogP contribution is 2.33. The van der Waals surface area contributed by atoms with Gasteiger partial charge in [-0.05, 0) is 35.9 Å². The van der Waals surface area contributed by atoms with Crippen LogP contribution in [0.25, 0.3) is 0 Å². The predicted octanol–water partition coefficient (Wildman–Crippen LogP) is 3.41. The van der Waals surface area contributed by atoms with Crippen molar-refractivity contribution in [3.63, 3.8) is 0 Å². The van der Waals surface area contributed by atoms with Crippen molar-refractivity contribution < 1.29 is 23.7 Å². The highest BCUT2D eigenvalue weighted by molar-refractivity contribution is 7.07. The average Bonchev–Trinajstić information content (AvgIpc) is 3.25. The number of carbonyl (C=O) groups excluding carboxylic acids is 1. The van der Waals surface area contributed by atoms with Crippen LogP contribution in [0, 0.1) is 0 Å². The fraction of sp³-hybridized carbons (Fsp3) is 0.318. The summed E-state index contributed by atoms with van der Waals surface area (Å²) >= 11 is 1.15. The Morgan fingerprint density at radius 3 is 2.71 bits per heavy atom. The Kier molecular flexibility index (Phi) is 6.63. The molecule has 1 fully saturated rings. The van der Waals surface area contributed by atoms with Crippen LogP contribution in [0.5, 0.6) is 22.4 Å². The van der Waals surface area contributed by atoms with E-state index < -0.39 is 0 Å². The topological polar surface area (TPSA) is 83.0 Å². The number of amides is 1. The Hall–Kier alpha value is -3.17.